The molecule has 2 aliphatic carbocycles. The summed E-state index contributed by atoms with van der Waals surface area (Å²) in [5.74, 6) is 0.159. The number of fused-ring (bicyclic) bond motifs is 3. The summed E-state index contributed by atoms with van der Waals surface area (Å²) < 4.78 is 18.5. The molecule has 4 aliphatic rings. The third-order valence-corrected chi connectivity index (χ3v) is 4.80. The average Bonchev–Trinajstić information content (AvgIpc) is 2.93. The van der Waals surface area contributed by atoms with Crippen molar-refractivity contribution in [3.05, 3.63) is 0 Å². The van der Waals surface area contributed by atoms with E-state index in [4.69, 9.17) is 14.0 Å². The van der Waals surface area contributed by atoms with Crippen LogP contribution in [0.25, 0.3) is 0 Å². The van der Waals surface area contributed by atoms with Crippen molar-refractivity contribution in [2.45, 2.75) is 117 Å². The summed E-state index contributed by atoms with van der Waals surface area (Å²) in [5, 5.41) is 0. The van der Waals surface area contributed by atoms with Gasteiger partial charge in [0.1, 0.15) is 0 Å². The van der Waals surface area contributed by atoms with Gasteiger partial charge in [0.15, 0.2) is 5.79 Å². The van der Waals surface area contributed by atoms with E-state index in [1.807, 2.05) is 41.5 Å². The van der Waals surface area contributed by atoms with E-state index in [9.17, 15) is 0 Å². The minimum atomic E-state index is -0.346. The molecule has 4 heteroatoms. The Bertz CT molecular complexity index is 298. The summed E-state index contributed by atoms with van der Waals surface area (Å²) in [4.78, 5) is 0. The molecular formula is C18H37BO3. The standard InChI is InChI=1S/C12H19BO3.3C2H6/c1-2-6-10-9(5-1)13-15-11-7-3-4-8-12(11,14-10)16-13;3*1-2/h9-11H,1-8H2;3*1-2H3. The lowest BCUT2D eigenvalue weighted by atomic mass is 9.62. The maximum Gasteiger partial charge on any atom is 0.465 e. The first kappa shape index (κ1) is 20.0. The molecule has 0 amide bonds. The summed E-state index contributed by atoms with van der Waals surface area (Å²) in [7, 11) is 0.0437. The molecule has 2 aliphatic heterocycles. The van der Waals surface area contributed by atoms with Gasteiger partial charge in [0, 0.05) is 12.2 Å². The van der Waals surface area contributed by atoms with Crippen LogP contribution in [0.15, 0.2) is 0 Å². The van der Waals surface area contributed by atoms with Crippen molar-refractivity contribution in [3.63, 3.8) is 0 Å². The van der Waals surface area contributed by atoms with E-state index in [1.165, 1.54) is 38.5 Å². The number of ether oxygens (including phenoxy) is 1. The van der Waals surface area contributed by atoms with Crippen molar-refractivity contribution in [3.8, 4) is 0 Å². The van der Waals surface area contributed by atoms with E-state index in [-0.39, 0.29) is 19.0 Å². The van der Waals surface area contributed by atoms with Crippen LogP contribution in [0.4, 0.5) is 0 Å². The molecule has 0 aromatic carbocycles. The highest BCUT2D eigenvalue weighted by atomic mass is 16.8. The largest absolute Gasteiger partial charge is 0.465 e. The summed E-state index contributed by atoms with van der Waals surface area (Å²) in [6.07, 6.45) is 10.3. The Hall–Kier alpha value is -0.0551. The lowest BCUT2D eigenvalue weighted by molar-refractivity contribution is -0.253. The highest BCUT2D eigenvalue weighted by molar-refractivity contribution is 6.47. The van der Waals surface area contributed by atoms with Gasteiger partial charge in [0.25, 0.3) is 0 Å². The van der Waals surface area contributed by atoms with Gasteiger partial charge >= 0.3 is 7.12 Å². The minimum absolute atomic E-state index is 0.0437. The van der Waals surface area contributed by atoms with Crippen LogP contribution >= 0.6 is 0 Å². The number of hydrogen-bond donors (Lipinski definition) is 0. The second-order valence-electron chi connectivity index (χ2n) is 5.77. The van der Waals surface area contributed by atoms with Gasteiger partial charge in [-0.2, -0.15) is 0 Å². The van der Waals surface area contributed by atoms with Crippen LogP contribution in [0.3, 0.4) is 0 Å². The Morgan fingerprint density at radius 3 is 2.18 bits per heavy atom. The first-order valence-corrected chi connectivity index (χ1v) is 9.88. The van der Waals surface area contributed by atoms with Gasteiger partial charge in [-0.25, -0.2) is 0 Å². The SMILES string of the molecule is C1CCC2B3OC4CCCCC4(O3)OC2C1.CC.CC.CC. The molecular weight excluding hydrogens is 275 g/mol. The quantitative estimate of drug-likeness (QED) is 0.546. The summed E-state index contributed by atoms with van der Waals surface area (Å²) in [6, 6.07) is 0. The van der Waals surface area contributed by atoms with Crippen LogP contribution in [0.2, 0.25) is 5.82 Å². The van der Waals surface area contributed by atoms with E-state index < -0.39 is 0 Å². The number of rotatable bonds is 0. The Kier molecular flexibility index (Phi) is 9.04. The zero-order valence-electron chi connectivity index (χ0n) is 15.7. The maximum atomic E-state index is 6.33. The molecule has 22 heavy (non-hydrogen) atoms. The highest BCUT2D eigenvalue weighted by Crippen LogP contribution is 2.52. The van der Waals surface area contributed by atoms with Crippen molar-refractivity contribution >= 4 is 7.12 Å². The Balaban J connectivity index is 0.000000365. The Morgan fingerprint density at radius 2 is 1.45 bits per heavy atom. The first-order valence-electron chi connectivity index (χ1n) is 9.88. The summed E-state index contributed by atoms with van der Waals surface area (Å²) in [6.45, 7) is 12.0. The van der Waals surface area contributed by atoms with Crippen molar-refractivity contribution < 1.29 is 14.0 Å². The molecule has 4 atom stereocenters. The van der Waals surface area contributed by atoms with E-state index in [1.54, 1.807) is 0 Å². The predicted octanol–water partition coefficient (Wildman–Crippen LogP) is 5.58. The third-order valence-electron chi connectivity index (χ3n) is 4.80. The smallest absolute Gasteiger partial charge is 0.402 e. The van der Waals surface area contributed by atoms with Crippen LogP contribution < -0.4 is 0 Å². The molecule has 0 radical (unpaired) electrons. The monoisotopic (exact) mass is 312 g/mol. The lowest BCUT2D eigenvalue weighted by Gasteiger charge is -2.45. The van der Waals surface area contributed by atoms with Crippen LogP contribution in [0.5, 0.6) is 0 Å². The van der Waals surface area contributed by atoms with E-state index >= 15 is 0 Å². The fourth-order valence-electron chi connectivity index (χ4n) is 3.97. The molecule has 0 N–H and O–H groups in total. The van der Waals surface area contributed by atoms with E-state index in [2.05, 4.69) is 0 Å². The molecule has 4 fully saturated rings. The fraction of sp³-hybridized carbons (Fsp3) is 1.00. The van der Waals surface area contributed by atoms with Crippen LogP contribution in [-0.4, -0.2) is 25.1 Å². The number of hydrogen-bond acceptors (Lipinski definition) is 3. The molecule has 2 bridgehead atoms. The topological polar surface area (TPSA) is 27.7 Å². The Morgan fingerprint density at radius 1 is 0.818 bits per heavy atom. The molecule has 0 aromatic heterocycles. The molecule has 3 nitrogen and oxygen atoms in total. The lowest BCUT2D eigenvalue weighted by Crippen LogP contribution is -2.52. The van der Waals surface area contributed by atoms with Gasteiger partial charge in [-0.3, -0.25) is 0 Å². The van der Waals surface area contributed by atoms with Crippen molar-refractivity contribution in [2.24, 2.45) is 0 Å². The maximum absolute atomic E-state index is 6.33. The van der Waals surface area contributed by atoms with Crippen LogP contribution in [0, 0.1) is 0 Å². The third kappa shape index (κ3) is 3.88. The van der Waals surface area contributed by atoms with Crippen molar-refractivity contribution in [2.75, 3.05) is 0 Å². The van der Waals surface area contributed by atoms with Crippen molar-refractivity contribution in [1.29, 1.82) is 0 Å². The molecule has 2 saturated heterocycles. The minimum Gasteiger partial charge on any atom is -0.402 e. The van der Waals surface area contributed by atoms with E-state index in [0.717, 1.165) is 12.8 Å². The fourth-order valence-corrected chi connectivity index (χ4v) is 3.97. The van der Waals surface area contributed by atoms with E-state index in [0.29, 0.717) is 11.9 Å². The van der Waals surface area contributed by atoms with Gasteiger partial charge in [0.2, 0.25) is 0 Å². The second kappa shape index (κ2) is 9.94. The van der Waals surface area contributed by atoms with Crippen LogP contribution in [-0.2, 0) is 14.0 Å². The molecule has 0 aromatic rings. The van der Waals surface area contributed by atoms with Gasteiger partial charge in [-0.05, 0) is 25.7 Å². The van der Waals surface area contributed by atoms with Gasteiger partial charge in [-0.15, -0.1) is 0 Å². The predicted molar refractivity (Wildman–Crippen MR) is 94.0 cm³/mol. The first-order chi connectivity index (χ1) is 10.9. The highest BCUT2D eigenvalue weighted by Gasteiger charge is 2.62. The zero-order valence-corrected chi connectivity index (χ0v) is 15.7. The van der Waals surface area contributed by atoms with Gasteiger partial charge in [0.05, 0.1) is 12.2 Å². The van der Waals surface area contributed by atoms with Crippen LogP contribution in [0.1, 0.15) is 92.9 Å². The molecule has 4 rings (SSSR count). The molecule has 1 spiro atoms. The Labute approximate surface area is 138 Å². The normalized spacial score (nSPS) is 37.9. The second-order valence-corrected chi connectivity index (χ2v) is 5.77. The summed E-state index contributed by atoms with van der Waals surface area (Å²) in [5.41, 5.74) is 0. The van der Waals surface area contributed by atoms with Gasteiger partial charge in [-0.1, -0.05) is 60.8 Å². The molecule has 2 saturated carbocycles. The molecule has 4 unspecified atom stereocenters. The molecule has 130 valence electrons. The average molecular weight is 312 g/mol. The summed E-state index contributed by atoms with van der Waals surface area (Å²) >= 11 is 0. The van der Waals surface area contributed by atoms with Crippen molar-refractivity contribution in [1.82, 2.24) is 0 Å². The molecule has 2 heterocycles. The zero-order chi connectivity index (χ0) is 16.6. The van der Waals surface area contributed by atoms with Gasteiger partial charge < -0.3 is 14.0 Å².